The Kier molecular flexibility index (Phi) is 10.2. The molecule has 0 aromatic heterocycles. The van der Waals surface area contributed by atoms with Gasteiger partial charge in [0.05, 0.1) is 0 Å². The molecule has 2 aliphatic heterocycles. The van der Waals surface area contributed by atoms with Crippen LogP contribution in [-0.4, -0.2) is 94.7 Å². The topological polar surface area (TPSA) is 102 Å². The van der Waals surface area contributed by atoms with Crippen molar-refractivity contribution in [2.45, 2.75) is 103 Å². The largest absolute Gasteiger partial charge is 0.508 e. The van der Waals surface area contributed by atoms with Crippen molar-refractivity contribution in [3.8, 4) is 5.75 Å². The van der Waals surface area contributed by atoms with Crippen LogP contribution >= 0.6 is 0 Å². The van der Waals surface area contributed by atoms with Crippen LogP contribution in [0.5, 0.6) is 5.75 Å². The van der Waals surface area contributed by atoms with Crippen molar-refractivity contribution in [2.75, 3.05) is 33.2 Å². The van der Waals surface area contributed by atoms with Crippen molar-refractivity contribution >= 4 is 17.9 Å². The number of rotatable bonds is 8. The summed E-state index contributed by atoms with van der Waals surface area (Å²) in [5.74, 6) is 0.582. The molecule has 0 unspecified atom stereocenters. The molecule has 2 N–H and O–H groups in total. The summed E-state index contributed by atoms with van der Waals surface area (Å²) in [6, 6.07) is 6.19. The Morgan fingerprint density at radius 1 is 1.05 bits per heavy atom. The minimum absolute atomic E-state index is 0.0326. The maximum Gasteiger partial charge on any atom is 0.410 e. The quantitative estimate of drug-likeness (QED) is 0.486. The van der Waals surface area contributed by atoms with Crippen molar-refractivity contribution < 1.29 is 24.2 Å². The highest BCUT2D eigenvalue weighted by Gasteiger charge is 2.44. The zero-order chi connectivity index (χ0) is 29.7. The first-order valence-electron chi connectivity index (χ1n) is 15.5. The number of fused-ring (bicyclic) bond motifs is 1. The number of phenols is 1. The SMILES string of the molecule is C[C@@H](C(=O)N[C@H](C(=O)N1CC[C@@H]2CCN(CCc3ccc(O)cc3)C[C@@H]21)C1CCCCC1)N(C)C(=O)OC(C)(C)C. The number of nitrogens with zero attached hydrogens (tertiary/aromatic N) is 3. The monoisotopic (exact) mass is 570 g/mol. The fourth-order valence-electron chi connectivity index (χ4n) is 6.60. The van der Waals surface area contributed by atoms with E-state index in [1.807, 2.05) is 12.1 Å². The molecule has 9 heteroatoms. The van der Waals surface area contributed by atoms with E-state index in [2.05, 4.69) is 15.1 Å². The van der Waals surface area contributed by atoms with E-state index in [9.17, 15) is 19.5 Å². The number of phenolic OH excluding ortho intramolecular Hbond substituents is 1. The number of aromatic hydroxyl groups is 1. The first kappa shape index (κ1) is 31.1. The van der Waals surface area contributed by atoms with E-state index in [4.69, 9.17) is 4.74 Å². The average molecular weight is 571 g/mol. The van der Waals surface area contributed by atoms with Gasteiger partial charge in [-0.15, -0.1) is 0 Å². The number of hydrogen-bond acceptors (Lipinski definition) is 6. The summed E-state index contributed by atoms with van der Waals surface area (Å²) in [6.07, 6.45) is 7.55. The van der Waals surface area contributed by atoms with E-state index in [-0.39, 0.29) is 29.5 Å². The second-order valence-corrected chi connectivity index (χ2v) is 13.3. The van der Waals surface area contributed by atoms with Crippen LogP contribution in [0.25, 0.3) is 0 Å². The van der Waals surface area contributed by atoms with Gasteiger partial charge in [0.2, 0.25) is 11.8 Å². The molecule has 2 heterocycles. The van der Waals surface area contributed by atoms with Gasteiger partial charge in [-0.25, -0.2) is 4.79 Å². The lowest BCUT2D eigenvalue weighted by atomic mass is 9.83. The third-order valence-corrected chi connectivity index (χ3v) is 9.21. The number of ether oxygens (including phenoxy) is 1. The van der Waals surface area contributed by atoms with Gasteiger partial charge in [0.15, 0.2) is 0 Å². The van der Waals surface area contributed by atoms with Crippen molar-refractivity contribution in [2.24, 2.45) is 11.8 Å². The second kappa shape index (κ2) is 13.4. The molecule has 3 amide bonds. The molecule has 4 rings (SSSR count). The summed E-state index contributed by atoms with van der Waals surface area (Å²) in [5.41, 5.74) is 0.529. The number of likely N-dealkylation sites (tertiary alicyclic amines) is 2. The van der Waals surface area contributed by atoms with E-state index in [1.54, 1.807) is 46.9 Å². The van der Waals surface area contributed by atoms with Crippen LogP contribution in [0.4, 0.5) is 4.79 Å². The fourth-order valence-corrected chi connectivity index (χ4v) is 6.60. The molecule has 0 radical (unpaired) electrons. The number of nitrogens with one attached hydrogen (secondary N) is 1. The van der Waals surface area contributed by atoms with E-state index in [0.29, 0.717) is 5.92 Å². The van der Waals surface area contributed by atoms with Crippen LogP contribution in [0.1, 0.15) is 78.2 Å². The minimum Gasteiger partial charge on any atom is -0.508 e. The Hall–Kier alpha value is -2.81. The molecule has 228 valence electrons. The summed E-state index contributed by atoms with van der Waals surface area (Å²) in [4.78, 5) is 46.1. The molecule has 3 fully saturated rings. The Morgan fingerprint density at radius 3 is 2.37 bits per heavy atom. The van der Waals surface area contributed by atoms with Gasteiger partial charge >= 0.3 is 6.09 Å². The molecular weight excluding hydrogens is 520 g/mol. The predicted octanol–water partition coefficient (Wildman–Crippen LogP) is 4.18. The average Bonchev–Trinajstić information content (AvgIpc) is 3.37. The predicted molar refractivity (Wildman–Crippen MR) is 158 cm³/mol. The third-order valence-electron chi connectivity index (χ3n) is 9.21. The highest BCUT2D eigenvalue weighted by Crippen LogP contribution is 2.34. The number of benzene rings is 1. The first-order valence-corrected chi connectivity index (χ1v) is 15.5. The lowest BCUT2D eigenvalue weighted by Crippen LogP contribution is -2.59. The lowest BCUT2D eigenvalue weighted by molar-refractivity contribution is -0.141. The van der Waals surface area contributed by atoms with Gasteiger partial charge in [0.25, 0.3) is 0 Å². The van der Waals surface area contributed by atoms with Crippen molar-refractivity contribution in [3.05, 3.63) is 29.8 Å². The zero-order valence-corrected chi connectivity index (χ0v) is 25.6. The maximum atomic E-state index is 14.2. The molecule has 3 aliphatic rings. The summed E-state index contributed by atoms with van der Waals surface area (Å²) >= 11 is 0. The molecule has 0 bridgehead atoms. The number of hydrogen-bond donors (Lipinski definition) is 2. The Bertz CT molecular complexity index is 1050. The molecule has 1 aliphatic carbocycles. The third kappa shape index (κ3) is 8.15. The number of piperidine rings is 1. The highest BCUT2D eigenvalue weighted by molar-refractivity contribution is 5.91. The van der Waals surface area contributed by atoms with Crippen LogP contribution in [0.15, 0.2) is 24.3 Å². The van der Waals surface area contributed by atoms with Crippen LogP contribution < -0.4 is 5.32 Å². The van der Waals surface area contributed by atoms with Gasteiger partial charge in [-0.05, 0) is 95.9 Å². The number of likely N-dealkylation sites (N-methyl/N-ethyl adjacent to an activating group) is 1. The normalized spacial score (nSPS) is 23.4. The van der Waals surface area contributed by atoms with Crippen LogP contribution in [0.2, 0.25) is 0 Å². The number of carbonyl (C=O) groups excluding carboxylic acids is 3. The van der Waals surface area contributed by atoms with Crippen molar-refractivity contribution in [3.63, 3.8) is 0 Å². The molecule has 9 nitrogen and oxygen atoms in total. The second-order valence-electron chi connectivity index (χ2n) is 13.3. The van der Waals surface area contributed by atoms with E-state index in [1.165, 1.54) is 10.5 Å². The summed E-state index contributed by atoms with van der Waals surface area (Å²) in [7, 11) is 1.57. The van der Waals surface area contributed by atoms with Gasteiger partial charge in [0, 0.05) is 32.7 Å². The van der Waals surface area contributed by atoms with E-state index < -0.39 is 23.8 Å². The maximum absolute atomic E-state index is 14.2. The lowest BCUT2D eigenvalue weighted by Gasteiger charge is -2.41. The van der Waals surface area contributed by atoms with E-state index in [0.717, 1.165) is 77.5 Å². The van der Waals surface area contributed by atoms with Gasteiger partial charge in [-0.2, -0.15) is 0 Å². The van der Waals surface area contributed by atoms with Crippen LogP contribution in [-0.2, 0) is 20.7 Å². The Balaban J connectivity index is 1.42. The molecule has 1 aromatic carbocycles. The van der Waals surface area contributed by atoms with E-state index >= 15 is 0 Å². The van der Waals surface area contributed by atoms with Crippen molar-refractivity contribution in [1.82, 2.24) is 20.0 Å². The van der Waals surface area contributed by atoms with Crippen LogP contribution in [0.3, 0.4) is 0 Å². The van der Waals surface area contributed by atoms with Gasteiger partial charge in [-0.1, -0.05) is 31.4 Å². The molecule has 4 atom stereocenters. The Morgan fingerprint density at radius 2 is 1.71 bits per heavy atom. The molecule has 1 aromatic rings. The minimum atomic E-state index is -0.764. The number of amides is 3. The summed E-state index contributed by atoms with van der Waals surface area (Å²) in [6.45, 7) is 10.6. The van der Waals surface area contributed by atoms with Gasteiger partial charge in [0.1, 0.15) is 23.4 Å². The highest BCUT2D eigenvalue weighted by atomic mass is 16.6. The number of carbonyl (C=O) groups is 3. The molecule has 41 heavy (non-hydrogen) atoms. The van der Waals surface area contributed by atoms with Crippen LogP contribution in [0, 0.1) is 11.8 Å². The Labute approximate surface area is 245 Å². The molecule has 0 spiro atoms. The smallest absolute Gasteiger partial charge is 0.410 e. The zero-order valence-electron chi connectivity index (χ0n) is 25.6. The molecular formula is C32H50N4O5. The standard InChI is InChI=1S/C32H50N4O5/c1-22(34(5)31(40)41-32(2,3)4)29(38)33-28(25-9-7-6-8-10-25)30(39)36-20-17-24-16-19-35(21-27(24)36)18-15-23-11-13-26(37)14-12-23/h11-14,22,24-25,27-28,37H,6-10,15-21H2,1-5H3,(H,33,38)/t22-,24-,27-,28-/m0/s1. The summed E-state index contributed by atoms with van der Waals surface area (Å²) < 4.78 is 5.46. The molecule has 2 saturated heterocycles. The van der Waals surface area contributed by atoms with Gasteiger partial charge < -0.3 is 25.0 Å². The first-order chi connectivity index (χ1) is 19.4. The molecule has 1 saturated carbocycles. The summed E-state index contributed by atoms with van der Waals surface area (Å²) in [5, 5.41) is 12.7. The fraction of sp³-hybridized carbons (Fsp3) is 0.719. The van der Waals surface area contributed by atoms with Crippen molar-refractivity contribution in [1.29, 1.82) is 0 Å². The van der Waals surface area contributed by atoms with Gasteiger partial charge in [-0.3, -0.25) is 14.5 Å².